The van der Waals surface area contributed by atoms with Crippen LogP contribution < -0.4 is 10.2 Å². The Hall–Kier alpha value is -1.99. The van der Waals surface area contributed by atoms with Gasteiger partial charge in [-0.2, -0.15) is 0 Å². The molecule has 1 aliphatic heterocycles. The number of benzene rings is 2. The highest BCUT2D eigenvalue weighted by Crippen LogP contribution is 2.37. The number of anilines is 1. The normalized spacial score (nSPS) is 18.4. The second-order valence-electron chi connectivity index (χ2n) is 11.0. The SMILES string of the molecule is CC1(C)OB(c2cc(NS(=O)c3ccc(F)cc3F)c3ncn(COCCS(C)(C)C)c3c2)OC1(C)C. The summed E-state index contributed by atoms with van der Waals surface area (Å²) in [5, 5.41) is 0. The van der Waals surface area contributed by atoms with Gasteiger partial charge < -0.3 is 18.6 Å². The molecule has 12 heteroatoms. The van der Waals surface area contributed by atoms with Gasteiger partial charge in [-0.25, -0.2) is 28.0 Å². The molecule has 0 aliphatic carbocycles. The van der Waals surface area contributed by atoms with Gasteiger partial charge in [0, 0.05) is 11.8 Å². The van der Waals surface area contributed by atoms with Crippen molar-refractivity contribution in [3.63, 3.8) is 0 Å². The molecular weight excluding hydrogens is 519 g/mol. The predicted octanol–water partition coefficient (Wildman–Crippen LogP) is 4.42. The first-order valence-electron chi connectivity index (χ1n) is 11.9. The van der Waals surface area contributed by atoms with Crippen LogP contribution in [0.3, 0.4) is 0 Å². The molecule has 1 unspecified atom stereocenters. The molecule has 0 radical (unpaired) electrons. The summed E-state index contributed by atoms with van der Waals surface area (Å²) in [5.74, 6) is -0.660. The Labute approximate surface area is 221 Å². The molecule has 2 heterocycles. The lowest BCUT2D eigenvalue weighted by Gasteiger charge is -2.32. The number of aromatic nitrogens is 2. The third-order valence-electron chi connectivity index (χ3n) is 6.64. The third-order valence-corrected chi connectivity index (χ3v) is 9.17. The first-order valence-corrected chi connectivity index (χ1v) is 16.1. The Bertz CT molecular complexity index is 1310. The molecular formula is C25H34BF2N3O4S2. The van der Waals surface area contributed by atoms with Crippen LogP contribution in [0.1, 0.15) is 27.7 Å². The largest absolute Gasteiger partial charge is 0.494 e. The van der Waals surface area contributed by atoms with Gasteiger partial charge in [-0.3, -0.25) is 4.72 Å². The second kappa shape index (κ2) is 10.3. The van der Waals surface area contributed by atoms with E-state index < -0.39 is 51.0 Å². The van der Waals surface area contributed by atoms with Gasteiger partial charge in [0.05, 0.1) is 40.2 Å². The zero-order valence-corrected chi connectivity index (χ0v) is 23.9. The Morgan fingerprint density at radius 2 is 1.78 bits per heavy atom. The minimum Gasteiger partial charge on any atom is -0.399 e. The van der Waals surface area contributed by atoms with Crippen LogP contribution in [0.15, 0.2) is 41.6 Å². The Balaban J connectivity index is 1.69. The van der Waals surface area contributed by atoms with Crippen LogP contribution >= 0.6 is 10.0 Å². The molecule has 0 amide bonds. The Kier molecular flexibility index (Phi) is 7.80. The van der Waals surface area contributed by atoms with Crippen molar-refractivity contribution >= 4 is 50.3 Å². The minimum atomic E-state index is -2.01. The van der Waals surface area contributed by atoms with Crippen LogP contribution in [-0.4, -0.2) is 63.2 Å². The maximum atomic E-state index is 14.3. The first-order chi connectivity index (χ1) is 17.2. The fourth-order valence-corrected chi connectivity index (χ4v) is 5.24. The van der Waals surface area contributed by atoms with Crippen LogP contribution in [-0.2, 0) is 31.8 Å². The van der Waals surface area contributed by atoms with E-state index in [2.05, 4.69) is 28.5 Å². The number of rotatable bonds is 9. The number of hydrogen-bond donors (Lipinski definition) is 1. The molecule has 0 saturated carbocycles. The second-order valence-corrected chi connectivity index (χ2v) is 16.8. The van der Waals surface area contributed by atoms with Gasteiger partial charge in [0.15, 0.2) is 11.0 Å². The molecule has 3 aromatic rings. The molecule has 1 N–H and O–H groups in total. The van der Waals surface area contributed by atoms with Gasteiger partial charge in [-0.15, -0.1) is 0 Å². The van der Waals surface area contributed by atoms with Crippen molar-refractivity contribution < 1.29 is 27.0 Å². The van der Waals surface area contributed by atoms with E-state index in [4.69, 9.17) is 14.0 Å². The quantitative estimate of drug-likeness (QED) is 0.314. The summed E-state index contributed by atoms with van der Waals surface area (Å²) in [6.45, 7) is 8.76. The van der Waals surface area contributed by atoms with E-state index in [1.54, 1.807) is 12.4 Å². The van der Waals surface area contributed by atoms with E-state index in [0.717, 1.165) is 23.4 Å². The van der Waals surface area contributed by atoms with Gasteiger partial charge >= 0.3 is 7.12 Å². The standard InChI is InChI=1S/C25H34BF2N3O4S2/c1-24(2)25(3,4)35-26(34-24)17-12-20(30-36(32)22-9-8-18(27)14-19(22)28)23-21(13-17)31(15-29-23)16-33-10-11-37(5,6)7/h8-9,12-15,30H,10-11,16H2,1-7H3. The van der Waals surface area contributed by atoms with Gasteiger partial charge in [0.25, 0.3) is 0 Å². The summed E-state index contributed by atoms with van der Waals surface area (Å²) < 4.78 is 63.9. The summed E-state index contributed by atoms with van der Waals surface area (Å²) in [6.07, 6.45) is 8.36. The van der Waals surface area contributed by atoms with Crippen molar-refractivity contribution in [3.05, 3.63) is 48.3 Å². The molecule has 0 bridgehead atoms. The number of nitrogens with one attached hydrogen (secondary N) is 1. The van der Waals surface area contributed by atoms with Crippen LogP contribution in [0.25, 0.3) is 11.0 Å². The number of fused-ring (bicyclic) bond motifs is 1. The van der Waals surface area contributed by atoms with Crippen LogP contribution in [0, 0.1) is 11.6 Å². The Morgan fingerprint density at radius 3 is 2.41 bits per heavy atom. The highest BCUT2D eigenvalue weighted by Gasteiger charge is 2.52. The molecule has 1 atom stereocenters. The van der Waals surface area contributed by atoms with Gasteiger partial charge in [0.2, 0.25) is 0 Å². The van der Waals surface area contributed by atoms with E-state index in [1.165, 1.54) is 0 Å². The topological polar surface area (TPSA) is 74.6 Å². The van der Waals surface area contributed by atoms with E-state index >= 15 is 0 Å². The van der Waals surface area contributed by atoms with E-state index in [0.29, 0.717) is 29.3 Å². The van der Waals surface area contributed by atoms with Gasteiger partial charge in [-0.05, 0) is 76.2 Å². The molecule has 202 valence electrons. The summed E-state index contributed by atoms with van der Waals surface area (Å²) in [6, 6.07) is 6.59. The fraction of sp³-hybridized carbons (Fsp3) is 0.480. The van der Waals surface area contributed by atoms with Gasteiger partial charge in [-0.1, -0.05) is 0 Å². The predicted molar refractivity (Wildman–Crippen MR) is 148 cm³/mol. The smallest absolute Gasteiger partial charge is 0.399 e. The number of ether oxygens (including phenoxy) is 1. The monoisotopic (exact) mass is 553 g/mol. The highest BCUT2D eigenvalue weighted by atomic mass is 32.3. The lowest BCUT2D eigenvalue weighted by Crippen LogP contribution is -2.41. The minimum absolute atomic E-state index is 0.164. The Morgan fingerprint density at radius 1 is 1.11 bits per heavy atom. The average Bonchev–Trinajstić information content (AvgIpc) is 3.27. The summed E-state index contributed by atoms with van der Waals surface area (Å²) in [7, 11) is -3.37. The van der Waals surface area contributed by atoms with Crippen molar-refractivity contribution in [2.45, 2.75) is 50.5 Å². The highest BCUT2D eigenvalue weighted by molar-refractivity contribution is 8.32. The van der Waals surface area contributed by atoms with E-state index in [1.807, 2.05) is 38.3 Å². The van der Waals surface area contributed by atoms with E-state index in [9.17, 15) is 13.0 Å². The molecule has 1 saturated heterocycles. The van der Waals surface area contributed by atoms with Crippen LogP contribution in [0.4, 0.5) is 14.5 Å². The van der Waals surface area contributed by atoms with Crippen molar-refractivity contribution in [2.24, 2.45) is 0 Å². The molecule has 0 spiro atoms. The molecule has 1 fully saturated rings. The summed E-state index contributed by atoms with van der Waals surface area (Å²) in [5.41, 5.74) is 1.22. The lowest BCUT2D eigenvalue weighted by molar-refractivity contribution is 0.00578. The molecule has 7 nitrogen and oxygen atoms in total. The van der Waals surface area contributed by atoms with Crippen molar-refractivity contribution in [1.82, 2.24) is 9.55 Å². The van der Waals surface area contributed by atoms with E-state index in [-0.39, 0.29) is 11.6 Å². The maximum Gasteiger partial charge on any atom is 0.494 e. The molecule has 1 aromatic heterocycles. The van der Waals surface area contributed by atoms with Crippen LogP contribution in [0.5, 0.6) is 0 Å². The lowest BCUT2D eigenvalue weighted by atomic mass is 9.78. The zero-order chi connectivity index (χ0) is 27.2. The van der Waals surface area contributed by atoms with Crippen LogP contribution in [0.2, 0.25) is 0 Å². The molecule has 37 heavy (non-hydrogen) atoms. The maximum absolute atomic E-state index is 14.3. The number of hydrogen-bond acceptors (Lipinski definition) is 5. The first kappa shape index (κ1) is 28.0. The number of nitrogens with zero attached hydrogens (tertiary/aromatic N) is 2. The van der Waals surface area contributed by atoms with Crippen molar-refractivity contribution in [2.75, 3.05) is 35.8 Å². The summed E-state index contributed by atoms with van der Waals surface area (Å²) >= 11 is 0. The zero-order valence-electron chi connectivity index (χ0n) is 22.3. The fourth-order valence-electron chi connectivity index (χ4n) is 3.73. The number of imidazole rings is 1. The van der Waals surface area contributed by atoms with Crippen molar-refractivity contribution in [3.8, 4) is 0 Å². The van der Waals surface area contributed by atoms with Gasteiger partial charge in [0.1, 0.15) is 23.9 Å². The molecule has 1 aliphatic rings. The van der Waals surface area contributed by atoms with Crippen molar-refractivity contribution in [1.29, 1.82) is 0 Å². The molecule has 2 aromatic carbocycles. The third kappa shape index (κ3) is 6.20. The summed E-state index contributed by atoms with van der Waals surface area (Å²) in [4.78, 5) is 4.35. The average molecular weight is 554 g/mol. The molecule has 4 rings (SSSR count). The number of halogens is 2.